The fraction of sp³-hybridized carbons (Fsp3) is 0.0833. The second-order valence-corrected chi connectivity index (χ2v) is 4.29. The van der Waals surface area contributed by atoms with Gasteiger partial charge >= 0.3 is 0 Å². The summed E-state index contributed by atoms with van der Waals surface area (Å²) in [4.78, 5) is 26.9. The number of nitro groups is 1. The fourth-order valence-electron chi connectivity index (χ4n) is 2.34. The maximum Gasteiger partial charge on any atom is 0.279 e. The number of nitrogens with zero attached hydrogens (tertiary/aromatic N) is 4. The molecule has 1 heterocycles. The van der Waals surface area contributed by atoms with Gasteiger partial charge in [-0.2, -0.15) is 0 Å². The van der Waals surface area contributed by atoms with Crippen molar-refractivity contribution in [3.63, 3.8) is 0 Å². The number of imidazole rings is 1. The van der Waals surface area contributed by atoms with Crippen molar-refractivity contribution < 1.29 is 14.9 Å². The minimum Gasteiger partial charge on any atom is -0.410 e. The van der Waals surface area contributed by atoms with Gasteiger partial charge in [0.15, 0.2) is 0 Å². The Hall–Kier alpha value is -3.03. The number of aryl methyl sites for hydroxylation is 1. The van der Waals surface area contributed by atoms with Crippen molar-refractivity contribution in [2.75, 3.05) is 0 Å². The van der Waals surface area contributed by atoms with E-state index >= 15 is 0 Å². The van der Waals surface area contributed by atoms with E-state index in [4.69, 9.17) is 0 Å². The molecule has 1 aliphatic rings. The molecule has 2 aromatic rings. The average Bonchev–Trinajstić information content (AvgIpc) is 2.81. The summed E-state index contributed by atoms with van der Waals surface area (Å²) in [6.07, 6.45) is 1.39. The molecule has 3 rings (SSSR count). The highest BCUT2D eigenvalue weighted by Crippen LogP contribution is 2.32. The second-order valence-electron chi connectivity index (χ2n) is 4.29. The number of benzene rings is 1. The van der Waals surface area contributed by atoms with Crippen LogP contribution in [0.15, 0.2) is 29.7 Å². The van der Waals surface area contributed by atoms with Crippen LogP contribution in [0.5, 0.6) is 0 Å². The van der Waals surface area contributed by atoms with Crippen molar-refractivity contribution in [2.45, 2.75) is 0 Å². The molecule has 1 aromatic heterocycles. The number of carbonyl (C=O) groups is 1. The van der Waals surface area contributed by atoms with Crippen LogP contribution in [0.1, 0.15) is 27.3 Å². The molecule has 0 aliphatic heterocycles. The van der Waals surface area contributed by atoms with E-state index in [0.717, 1.165) is 0 Å². The van der Waals surface area contributed by atoms with E-state index in [2.05, 4.69) is 10.1 Å². The van der Waals surface area contributed by atoms with Crippen LogP contribution in [0.3, 0.4) is 0 Å². The van der Waals surface area contributed by atoms with Gasteiger partial charge < -0.3 is 9.77 Å². The predicted octanol–water partition coefficient (Wildman–Crippen LogP) is 1.10. The van der Waals surface area contributed by atoms with Crippen LogP contribution in [0, 0.1) is 10.1 Å². The first kappa shape index (κ1) is 12.0. The molecule has 0 saturated carbocycles. The van der Waals surface area contributed by atoms with E-state index in [-0.39, 0.29) is 39.7 Å². The number of hydrogen-bond donors (Lipinski definition) is 1. The molecular weight excluding hydrogens is 264 g/mol. The molecule has 0 unspecified atom stereocenters. The van der Waals surface area contributed by atoms with E-state index in [1.165, 1.54) is 29.1 Å². The third-order valence-electron chi connectivity index (χ3n) is 3.20. The monoisotopic (exact) mass is 272 g/mol. The molecule has 0 bridgehead atoms. The van der Waals surface area contributed by atoms with Gasteiger partial charge in [0, 0.05) is 18.7 Å². The van der Waals surface area contributed by atoms with Gasteiger partial charge in [-0.3, -0.25) is 14.9 Å². The summed E-state index contributed by atoms with van der Waals surface area (Å²) in [5.41, 5.74) is 0.148. The highest BCUT2D eigenvalue weighted by Gasteiger charge is 2.37. The van der Waals surface area contributed by atoms with Crippen LogP contribution in [0.4, 0.5) is 5.69 Å². The van der Waals surface area contributed by atoms with Gasteiger partial charge in [0.25, 0.3) is 5.69 Å². The lowest BCUT2D eigenvalue weighted by atomic mass is 9.88. The average molecular weight is 272 g/mol. The summed E-state index contributed by atoms with van der Waals surface area (Å²) >= 11 is 0. The smallest absolute Gasteiger partial charge is 0.279 e. The minimum absolute atomic E-state index is 0.00352. The fourth-order valence-corrected chi connectivity index (χ4v) is 2.34. The van der Waals surface area contributed by atoms with Crippen LogP contribution in [-0.2, 0) is 7.05 Å². The zero-order chi connectivity index (χ0) is 14.4. The number of ketones is 1. The SMILES string of the molecule is Cn1cnc2c1C(=O)c1cccc([N+](=O)[O-])c1C2=NO. The number of hydrogen-bond acceptors (Lipinski definition) is 6. The largest absolute Gasteiger partial charge is 0.410 e. The lowest BCUT2D eigenvalue weighted by Crippen LogP contribution is -2.24. The molecule has 100 valence electrons. The standard InChI is InChI=1S/C12H8N4O4/c1-15-5-13-10-9(14-18)8-6(12(17)11(10)15)3-2-4-7(8)16(19)20/h2-5,18H,1H3. The van der Waals surface area contributed by atoms with Crippen LogP contribution in [-0.4, -0.2) is 31.2 Å². The van der Waals surface area contributed by atoms with Crippen molar-refractivity contribution in [1.29, 1.82) is 0 Å². The molecule has 0 radical (unpaired) electrons. The number of carbonyl (C=O) groups excluding carboxylic acids is 1. The Balaban J connectivity index is 2.41. The van der Waals surface area contributed by atoms with Gasteiger partial charge in [-0.25, -0.2) is 4.98 Å². The number of rotatable bonds is 1. The van der Waals surface area contributed by atoms with E-state index < -0.39 is 4.92 Å². The summed E-state index contributed by atoms with van der Waals surface area (Å²) in [7, 11) is 1.63. The minimum atomic E-state index is -0.620. The Bertz CT molecular complexity index is 791. The van der Waals surface area contributed by atoms with Crippen molar-refractivity contribution in [3.05, 3.63) is 57.2 Å². The predicted molar refractivity (Wildman–Crippen MR) is 67.2 cm³/mol. The quantitative estimate of drug-likeness (QED) is 0.405. The molecule has 1 aliphatic carbocycles. The first-order chi connectivity index (χ1) is 9.56. The molecular formula is C12H8N4O4. The number of nitro benzene ring substituents is 1. The van der Waals surface area contributed by atoms with Gasteiger partial charge in [-0.05, 0) is 6.07 Å². The lowest BCUT2D eigenvalue weighted by Gasteiger charge is -2.16. The molecule has 0 fully saturated rings. The molecule has 1 N–H and O–H groups in total. The molecule has 8 heteroatoms. The molecule has 0 atom stereocenters. The zero-order valence-electron chi connectivity index (χ0n) is 10.3. The van der Waals surface area contributed by atoms with Crippen molar-refractivity contribution >= 4 is 17.2 Å². The molecule has 0 amide bonds. The Kier molecular flexibility index (Phi) is 2.40. The van der Waals surface area contributed by atoms with E-state index in [1.54, 1.807) is 7.05 Å². The number of fused-ring (bicyclic) bond motifs is 2. The first-order valence-corrected chi connectivity index (χ1v) is 5.62. The Morgan fingerprint density at radius 1 is 1.45 bits per heavy atom. The summed E-state index contributed by atoms with van der Waals surface area (Å²) in [5.74, 6) is -0.383. The van der Waals surface area contributed by atoms with Crippen LogP contribution in [0.2, 0.25) is 0 Å². The van der Waals surface area contributed by atoms with Gasteiger partial charge in [0.2, 0.25) is 5.78 Å². The molecule has 8 nitrogen and oxygen atoms in total. The summed E-state index contributed by atoms with van der Waals surface area (Å²) in [6.45, 7) is 0. The maximum absolute atomic E-state index is 12.4. The van der Waals surface area contributed by atoms with Gasteiger partial charge in [0.1, 0.15) is 17.1 Å². The van der Waals surface area contributed by atoms with Crippen molar-refractivity contribution in [2.24, 2.45) is 12.2 Å². The molecule has 1 aromatic carbocycles. The normalized spacial score (nSPS) is 15.1. The summed E-state index contributed by atoms with van der Waals surface area (Å²) in [6, 6.07) is 4.14. The molecule has 0 saturated heterocycles. The lowest BCUT2D eigenvalue weighted by molar-refractivity contribution is -0.385. The highest BCUT2D eigenvalue weighted by atomic mass is 16.6. The van der Waals surface area contributed by atoms with E-state index in [9.17, 15) is 20.1 Å². The van der Waals surface area contributed by atoms with Gasteiger partial charge in [0.05, 0.1) is 16.8 Å². The van der Waals surface area contributed by atoms with Crippen molar-refractivity contribution in [1.82, 2.24) is 9.55 Å². The Morgan fingerprint density at radius 3 is 2.85 bits per heavy atom. The maximum atomic E-state index is 12.4. The van der Waals surface area contributed by atoms with Gasteiger partial charge in [-0.15, -0.1) is 0 Å². The molecule has 0 spiro atoms. The topological polar surface area (TPSA) is 111 Å². The summed E-state index contributed by atoms with van der Waals surface area (Å²) in [5, 5.41) is 23.4. The third-order valence-corrected chi connectivity index (χ3v) is 3.20. The Morgan fingerprint density at radius 2 is 2.20 bits per heavy atom. The van der Waals surface area contributed by atoms with Crippen LogP contribution < -0.4 is 0 Å². The Labute approximate surface area is 112 Å². The summed E-state index contributed by atoms with van der Waals surface area (Å²) < 4.78 is 1.49. The van der Waals surface area contributed by atoms with Crippen molar-refractivity contribution in [3.8, 4) is 0 Å². The first-order valence-electron chi connectivity index (χ1n) is 5.62. The zero-order valence-corrected chi connectivity index (χ0v) is 10.3. The van der Waals surface area contributed by atoms with Gasteiger partial charge in [-0.1, -0.05) is 11.2 Å². The van der Waals surface area contributed by atoms with E-state index in [1.807, 2.05) is 0 Å². The van der Waals surface area contributed by atoms with Crippen LogP contribution in [0.25, 0.3) is 0 Å². The van der Waals surface area contributed by atoms with Crippen LogP contribution >= 0.6 is 0 Å². The second kappa shape index (κ2) is 3.98. The van der Waals surface area contributed by atoms with E-state index in [0.29, 0.717) is 0 Å². The highest BCUT2D eigenvalue weighted by molar-refractivity contribution is 6.30. The molecule has 20 heavy (non-hydrogen) atoms. The number of oxime groups is 1. The third kappa shape index (κ3) is 1.38. The number of aromatic nitrogens is 2.